The minimum Gasteiger partial charge on any atom is -0.434 e. The molecule has 2 N–H and O–H groups in total. The number of rotatable bonds is 6. The Labute approximate surface area is 149 Å². The van der Waals surface area contributed by atoms with Crippen LogP contribution in [0.3, 0.4) is 0 Å². The third kappa shape index (κ3) is 5.41. The molecule has 0 bridgehead atoms. The van der Waals surface area contributed by atoms with Crippen molar-refractivity contribution >= 4 is 5.96 Å². The van der Waals surface area contributed by atoms with Crippen LogP contribution >= 0.6 is 0 Å². The largest absolute Gasteiger partial charge is 0.434 e. The molecule has 0 unspecified atom stereocenters. The summed E-state index contributed by atoms with van der Waals surface area (Å²) in [6.45, 7) is -2.57. The number of benzene rings is 2. The smallest absolute Gasteiger partial charge is 0.387 e. The molecule has 0 aromatic heterocycles. The number of nitrogens with zero attached hydrogens (tertiary/aromatic N) is 2. The zero-order valence-electron chi connectivity index (χ0n) is 14.0. The van der Waals surface area contributed by atoms with Gasteiger partial charge in [-0.3, -0.25) is 4.99 Å². The summed E-state index contributed by atoms with van der Waals surface area (Å²) in [6.07, 6.45) is 0. The number of aliphatic imine (C=N–C) groups is 1. The van der Waals surface area contributed by atoms with Gasteiger partial charge < -0.3 is 15.4 Å². The minimum absolute atomic E-state index is 0.0728. The molecular formula is C18H17F3N4O. The van der Waals surface area contributed by atoms with E-state index >= 15 is 0 Å². The summed E-state index contributed by atoms with van der Waals surface area (Å²) >= 11 is 0. The van der Waals surface area contributed by atoms with Gasteiger partial charge in [-0.15, -0.1) is 0 Å². The van der Waals surface area contributed by atoms with E-state index < -0.39 is 12.4 Å². The molecule has 0 aliphatic heterocycles. The normalized spacial score (nSPS) is 11.2. The summed E-state index contributed by atoms with van der Waals surface area (Å²) in [5.41, 5.74) is 1.14. The fourth-order valence-electron chi connectivity index (χ4n) is 2.20. The Morgan fingerprint density at radius 2 is 1.85 bits per heavy atom. The first-order valence-corrected chi connectivity index (χ1v) is 7.69. The molecule has 0 aliphatic carbocycles. The fraction of sp³-hybridized carbons (Fsp3) is 0.222. The van der Waals surface area contributed by atoms with Crippen molar-refractivity contribution in [2.24, 2.45) is 4.99 Å². The summed E-state index contributed by atoms with van der Waals surface area (Å²) in [4.78, 5) is 4.00. The second-order valence-electron chi connectivity index (χ2n) is 5.18. The van der Waals surface area contributed by atoms with Gasteiger partial charge >= 0.3 is 6.61 Å². The van der Waals surface area contributed by atoms with Crippen LogP contribution in [0.5, 0.6) is 5.75 Å². The highest BCUT2D eigenvalue weighted by Gasteiger charge is 2.10. The molecule has 0 spiro atoms. The molecule has 0 aliphatic rings. The quantitative estimate of drug-likeness (QED) is 0.612. The summed E-state index contributed by atoms with van der Waals surface area (Å²) in [5, 5.41) is 14.6. The van der Waals surface area contributed by atoms with E-state index in [9.17, 15) is 13.2 Å². The Morgan fingerprint density at radius 1 is 1.15 bits per heavy atom. The Morgan fingerprint density at radius 3 is 2.46 bits per heavy atom. The first kappa shape index (κ1) is 19.1. The van der Waals surface area contributed by atoms with Crippen molar-refractivity contribution in [2.75, 3.05) is 7.05 Å². The van der Waals surface area contributed by atoms with Gasteiger partial charge in [-0.05, 0) is 18.2 Å². The van der Waals surface area contributed by atoms with Crippen LogP contribution in [-0.2, 0) is 13.1 Å². The van der Waals surface area contributed by atoms with E-state index in [1.165, 1.54) is 25.2 Å². The third-order valence-corrected chi connectivity index (χ3v) is 3.49. The van der Waals surface area contributed by atoms with Crippen molar-refractivity contribution in [1.82, 2.24) is 10.6 Å². The van der Waals surface area contributed by atoms with Gasteiger partial charge in [0.1, 0.15) is 11.6 Å². The Balaban J connectivity index is 1.96. The van der Waals surface area contributed by atoms with Gasteiger partial charge in [-0.2, -0.15) is 14.0 Å². The summed E-state index contributed by atoms with van der Waals surface area (Å²) < 4.78 is 43.2. The van der Waals surface area contributed by atoms with E-state index in [1.54, 1.807) is 18.2 Å². The molecule has 0 fully saturated rings. The highest BCUT2D eigenvalue weighted by Crippen LogP contribution is 2.19. The maximum atomic E-state index is 13.9. The Hall–Kier alpha value is -3.21. The highest BCUT2D eigenvalue weighted by atomic mass is 19.3. The molecule has 2 aromatic rings. The number of nitrogens with one attached hydrogen (secondary N) is 2. The number of guanidine groups is 1. The van der Waals surface area contributed by atoms with E-state index in [0.29, 0.717) is 17.1 Å². The second kappa shape index (κ2) is 9.32. The standard InChI is InChI=1S/C18H17F3N4O/c1-23-18(24-10-13-7-6-12(9-22)8-15(13)19)25-11-14-4-2-3-5-16(14)26-17(20)21/h2-8,17H,10-11H2,1H3,(H2,23,24,25). The molecule has 0 atom stereocenters. The van der Waals surface area contributed by atoms with Gasteiger partial charge in [-0.1, -0.05) is 24.3 Å². The van der Waals surface area contributed by atoms with Gasteiger partial charge in [-0.25, -0.2) is 4.39 Å². The van der Waals surface area contributed by atoms with Crippen molar-refractivity contribution in [3.63, 3.8) is 0 Å². The van der Waals surface area contributed by atoms with E-state index in [-0.39, 0.29) is 24.4 Å². The molecule has 0 amide bonds. The average molecular weight is 362 g/mol. The predicted octanol–water partition coefficient (Wildman–Crippen LogP) is 3.16. The van der Waals surface area contributed by atoms with Crippen LogP contribution in [0.4, 0.5) is 13.2 Å². The number of halogens is 3. The maximum Gasteiger partial charge on any atom is 0.387 e. The lowest BCUT2D eigenvalue weighted by Gasteiger charge is -2.14. The highest BCUT2D eigenvalue weighted by molar-refractivity contribution is 5.79. The van der Waals surface area contributed by atoms with Crippen molar-refractivity contribution in [3.05, 3.63) is 65.0 Å². The van der Waals surface area contributed by atoms with Crippen molar-refractivity contribution in [1.29, 1.82) is 5.26 Å². The van der Waals surface area contributed by atoms with E-state index in [2.05, 4.69) is 20.4 Å². The third-order valence-electron chi connectivity index (χ3n) is 3.49. The van der Waals surface area contributed by atoms with E-state index in [0.717, 1.165) is 6.07 Å². The van der Waals surface area contributed by atoms with Gasteiger partial charge in [0, 0.05) is 31.3 Å². The minimum atomic E-state index is -2.91. The molecule has 2 rings (SSSR count). The van der Waals surface area contributed by atoms with Crippen LogP contribution in [0.15, 0.2) is 47.5 Å². The molecule has 0 saturated heterocycles. The Bertz CT molecular complexity index is 818. The zero-order valence-corrected chi connectivity index (χ0v) is 14.0. The van der Waals surface area contributed by atoms with Gasteiger partial charge in [0.2, 0.25) is 0 Å². The summed E-state index contributed by atoms with van der Waals surface area (Å²) in [6, 6.07) is 12.5. The molecule has 0 radical (unpaired) electrons. The first-order chi connectivity index (χ1) is 12.5. The van der Waals surface area contributed by atoms with Crippen LogP contribution in [0, 0.1) is 17.1 Å². The summed E-state index contributed by atoms with van der Waals surface area (Å²) in [5.74, 6) is -0.0631. The zero-order chi connectivity index (χ0) is 18.9. The number of nitriles is 1. The molecule has 0 saturated carbocycles. The van der Waals surface area contributed by atoms with E-state index in [1.807, 2.05) is 6.07 Å². The SMILES string of the molecule is CN=C(NCc1ccc(C#N)cc1F)NCc1ccccc1OC(F)F. The van der Waals surface area contributed by atoms with Crippen LogP contribution in [0.1, 0.15) is 16.7 Å². The molecule has 26 heavy (non-hydrogen) atoms. The fourth-order valence-corrected chi connectivity index (χ4v) is 2.20. The van der Waals surface area contributed by atoms with E-state index in [4.69, 9.17) is 5.26 Å². The average Bonchev–Trinajstić information content (AvgIpc) is 2.63. The molecule has 136 valence electrons. The number of alkyl halides is 2. The monoisotopic (exact) mass is 362 g/mol. The van der Waals surface area contributed by atoms with Crippen LogP contribution in [0.25, 0.3) is 0 Å². The lowest BCUT2D eigenvalue weighted by Crippen LogP contribution is -2.36. The topological polar surface area (TPSA) is 69.4 Å². The lowest BCUT2D eigenvalue weighted by molar-refractivity contribution is -0.0504. The summed E-state index contributed by atoms with van der Waals surface area (Å²) in [7, 11) is 1.53. The predicted molar refractivity (Wildman–Crippen MR) is 91.2 cm³/mol. The first-order valence-electron chi connectivity index (χ1n) is 7.69. The van der Waals surface area contributed by atoms with Crippen molar-refractivity contribution in [2.45, 2.75) is 19.7 Å². The van der Waals surface area contributed by atoms with Crippen molar-refractivity contribution in [3.8, 4) is 11.8 Å². The molecule has 0 heterocycles. The molecule has 8 heteroatoms. The molecule has 2 aromatic carbocycles. The number of ether oxygens (including phenoxy) is 1. The molecule has 5 nitrogen and oxygen atoms in total. The number of hydrogen-bond donors (Lipinski definition) is 2. The van der Waals surface area contributed by atoms with Crippen LogP contribution in [-0.4, -0.2) is 19.6 Å². The Kier molecular flexibility index (Phi) is 6.85. The number of hydrogen-bond acceptors (Lipinski definition) is 3. The molecular weight excluding hydrogens is 345 g/mol. The van der Waals surface area contributed by atoms with Crippen LogP contribution < -0.4 is 15.4 Å². The lowest BCUT2D eigenvalue weighted by atomic mass is 10.1. The van der Waals surface area contributed by atoms with Crippen LogP contribution in [0.2, 0.25) is 0 Å². The van der Waals surface area contributed by atoms with Gasteiger partial charge in [0.15, 0.2) is 5.96 Å². The number of para-hydroxylation sites is 1. The van der Waals surface area contributed by atoms with Gasteiger partial charge in [0.05, 0.1) is 11.6 Å². The second-order valence-corrected chi connectivity index (χ2v) is 5.18. The maximum absolute atomic E-state index is 13.9. The van der Waals surface area contributed by atoms with Crippen molar-refractivity contribution < 1.29 is 17.9 Å². The van der Waals surface area contributed by atoms with Gasteiger partial charge in [0.25, 0.3) is 0 Å².